The molecule has 1 aromatic carbocycles. The Morgan fingerprint density at radius 2 is 1.75 bits per heavy atom. The zero-order valence-electron chi connectivity index (χ0n) is 9.74. The van der Waals surface area contributed by atoms with Gasteiger partial charge < -0.3 is 5.73 Å². The van der Waals surface area contributed by atoms with Gasteiger partial charge in [0.05, 0.1) is 0 Å². The van der Waals surface area contributed by atoms with Crippen molar-refractivity contribution in [3.05, 3.63) is 46.3 Å². The van der Waals surface area contributed by atoms with Crippen LogP contribution in [0.15, 0.2) is 28.9 Å². The molecule has 0 fully saturated rings. The summed E-state index contributed by atoms with van der Waals surface area (Å²) in [7, 11) is 0. The van der Waals surface area contributed by atoms with Gasteiger partial charge in [0.1, 0.15) is 17.0 Å². The summed E-state index contributed by atoms with van der Waals surface area (Å²) in [5.41, 5.74) is 5.71. The molecule has 0 radical (unpaired) electrons. The van der Waals surface area contributed by atoms with E-state index in [1.54, 1.807) is 6.07 Å². The van der Waals surface area contributed by atoms with Crippen LogP contribution in [0.2, 0.25) is 0 Å². The van der Waals surface area contributed by atoms with Crippen LogP contribution in [0.5, 0.6) is 0 Å². The van der Waals surface area contributed by atoms with Gasteiger partial charge >= 0.3 is 0 Å². The molecule has 0 saturated carbocycles. The van der Waals surface area contributed by atoms with Gasteiger partial charge in [0, 0.05) is 22.8 Å². The molecule has 3 rings (SSSR count). The van der Waals surface area contributed by atoms with E-state index in [4.69, 9.17) is 5.73 Å². The molecule has 0 aliphatic rings. The first-order chi connectivity index (χ1) is 9.47. The molecular weight excluding hydrogens is 337 g/mol. The van der Waals surface area contributed by atoms with E-state index < -0.39 is 23.1 Å². The second-order valence-electron chi connectivity index (χ2n) is 4.02. The molecule has 102 valence electrons. The highest BCUT2D eigenvalue weighted by Gasteiger charge is 2.19. The smallest absolute Gasteiger partial charge is 0.207 e. The second kappa shape index (κ2) is 4.48. The molecule has 0 unspecified atom stereocenters. The van der Waals surface area contributed by atoms with E-state index in [1.165, 1.54) is 6.20 Å². The fourth-order valence-corrected chi connectivity index (χ4v) is 2.25. The molecule has 8 heteroatoms. The largest absolute Gasteiger partial charge is 0.369 e. The summed E-state index contributed by atoms with van der Waals surface area (Å²) in [6.45, 7) is 0. The third-order valence-corrected chi connectivity index (χ3v) is 3.13. The first-order valence-electron chi connectivity index (χ1n) is 5.42. The molecular formula is C12H6BrF3N4. The van der Waals surface area contributed by atoms with Crippen molar-refractivity contribution in [1.29, 1.82) is 0 Å². The van der Waals surface area contributed by atoms with Gasteiger partial charge in [0.25, 0.3) is 0 Å². The molecule has 4 nitrogen and oxygen atoms in total. The highest BCUT2D eigenvalue weighted by Crippen LogP contribution is 2.27. The molecule has 0 bridgehead atoms. The molecule has 0 aliphatic carbocycles. The Bertz CT molecular complexity index is 808. The number of aromatic nitrogens is 3. The second-order valence-corrected chi connectivity index (χ2v) is 4.94. The zero-order valence-corrected chi connectivity index (χ0v) is 11.3. The minimum absolute atomic E-state index is 0.144. The van der Waals surface area contributed by atoms with Gasteiger partial charge in [-0.15, -0.1) is 0 Å². The van der Waals surface area contributed by atoms with Gasteiger partial charge in [-0.25, -0.2) is 23.1 Å². The summed E-state index contributed by atoms with van der Waals surface area (Å²) in [5.74, 6) is -3.33. The lowest BCUT2D eigenvalue weighted by Gasteiger charge is -2.08. The predicted octanol–water partition coefficient (Wildman–Crippen LogP) is 3.18. The number of anilines is 1. The van der Waals surface area contributed by atoms with Crippen LogP contribution in [-0.4, -0.2) is 14.5 Å². The molecule has 2 heterocycles. The fraction of sp³-hybridized carbons (Fsp3) is 0. The molecule has 0 aliphatic heterocycles. The quantitative estimate of drug-likeness (QED) is 0.738. The van der Waals surface area contributed by atoms with E-state index in [-0.39, 0.29) is 11.6 Å². The van der Waals surface area contributed by atoms with Crippen LogP contribution < -0.4 is 5.73 Å². The number of fused-ring (bicyclic) bond motifs is 1. The molecule has 0 spiro atoms. The highest BCUT2D eigenvalue weighted by atomic mass is 79.9. The van der Waals surface area contributed by atoms with E-state index in [0.29, 0.717) is 22.1 Å². The Hall–Kier alpha value is -2.09. The van der Waals surface area contributed by atoms with Crippen LogP contribution in [0.3, 0.4) is 0 Å². The number of nitrogens with two attached hydrogens (primary N) is 1. The van der Waals surface area contributed by atoms with Crippen molar-refractivity contribution < 1.29 is 13.2 Å². The number of halogens is 4. The predicted molar refractivity (Wildman–Crippen MR) is 70.9 cm³/mol. The summed E-state index contributed by atoms with van der Waals surface area (Å²) in [5, 5.41) is 0. The maximum Gasteiger partial charge on any atom is 0.207 e. The standard InChI is InChI=1S/C12H6BrF3N4/c13-5-1-9-11(18-4-5)20(12(17)19-9)10-7(15)2-6(14)3-8(10)16/h1-4H,(H2,17,19). The first-order valence-corrected chi connectivity index (χ1v) is 6.21. The third kappa shape index (κ3) is 1.92. The lowest BCUT2D eigenvalue weighted by molar-refractivity contribution is 0.535. The first kappa shape index (κ1) is 12.9. The summed E-state index contributed by atoms with van der Waals surface area (Å²) in [4.78, 5) is 8.01. The Morgan fingerprint density at radius 3 is 2.40 bits per heavy atom. The van der Waals surface area contributed by atoms with E-state index in [2.05, 4.69) is 25.9 Å². The van der Waals surface area contributed by atoms with Gasteiger partial charge in [-0.1, -0.05) is 0 Å². The van der Waals surface area contributed by atoms with Crippen LogP contribution in [0.25, 0.3) is 16.9 Å². The van der Waals surface area contributed by atoms with Crippen molar-refractivity contribution in [2.45, 2.75) is 0 Å². The number of rotatable bonds is 1. The highest BCUT2D eigenvalue weighted by molar-refractivity contribution is 9.10. The molecule has 0 saturated heterocycles. The molecule has 3 aromatic rings. The third-order valence-electron chi connectivity index (χ3n) is 2.70. The van der Waals surface area contributed by atoms with Crippen molar-refractivity contribution in [3.63, 3.8) is 0 Å². The SMILES string of the molecule is Nc1nc2cc(Br)cnc2n1-c1c(F)cc(F)cc1F. The van der Waals surface area contributed by atoms with Crippen molar-refractivity contribution in [2.24, 2.45) is 0 Å². The molecule has 20 heavy (non-hydrogen) atoms. The maximum atomic E-state index is 13.8. The molecule has 0 amide bonds. The number of benzene rings is 1. The Kier molecular flexibility index (Phi) is 2.89. The van der Waals surface area contributed by atoms with Gasteiger partial charge in [-0.2, -0.15) is 0 Å². The number of hydrogen-bond donors (Lipinski definition) is 1. The van der Waals surface area contributed by atoms with Crippen LogP contribution in [0, 0.1) is 17.5 Å². The molecule has 2 N–H and O–H groups in total. The fourth-order valence-electron chi connectivity index (χ4n) is 1.93. The monoisotopic (exact) mass is 342 g/mol. The topological polar surface area (TPSA) is 56.7 Å². The average molecular weight is 343 g/mol. The van der Waals surface area contributed by atoms with Crippen LogP contribution >= 0.6 is 15.9 Å². The van der Waals surface area contributed by atoms with Crippen molar-refractivity contribution >= 4 is 33.0 Å². The minimum atomic E-state index is -1.08. The number of hydrogen-bond acceptors (Lipinski definition) is 3. The van der Waals surface area contributed by atoms with Gasteiger partial charge in [-0.05, 0) is 22.0 Å². The van der Waals surface area contributed by atoms with Crippen LogP contribution in [0.1, 0.15) is 0 Å². The number of pyridine rings is 1. The molecule has 0 atom stereocenters. The lowest BCUT2D eigenvalue weighted by atomic mass is 10.2. The van der Waals surface area contributed by atoms with Crippen molar-refractivity contribution in [2.75, 3.05) is 5.73 Å². The van der Waals surface area contributed by atoms with E-state index in [1.807, 2.05) is 0 Å². The van der Waals surface area contributed by atoms with E-state index in [0.717, 1.165) is 4.57 Å². The average Bonchev–Trinajstić information content (AvgIpc) is 2.64. The lowest BCUT2D eigenvalue weighted by Crippen LogP contribution is -2.07. The van der Waals surface area contributed by atoms with Crippen molar-refractivity contribution in [3.8, 4) is 5.69 Å². The number of nitrogens with zero attached hydrogens (tertiary/aromatic N) is 3. The molecule has 2 aromatic heterocycles. The van der Waals surface area contributed by atoms with E-state index >= 15 is 0 Å². The summed E-state index contributed by atoms with van der Waals surface area (Å²) in [6, 6.07) is 2.75. The Balaban J connectivity index is 2.38. The van der Waals surface area contributed by atoms with Crippen LogP contribution in [-0.2, 0) is 0 Å². The zero-order chi connectivity index (χ0) is 14.4. The minimum Gasteiger partial charge on any atom is -0.369 e. The number of nitrogen functional groups attached to an aromatic ring is 1. The van der Waals surface area contributed by atoms with Gasteiger partial charge in [0.2, 0.25) is 5.95 Å². The Labute approximate surface area is 119 Å². The van der Waals surface area contributed by atoms with E-state index in [9.17, 15) is 13.2 Å². The van der Waals surface area contributed by atoms with Crippen LogP contribution in [0.4, 0.5) is 19.1 Å². The number of imidazole rings is 1. The summed E-state index contributed by atoms with van der Waals surface area (Å²) < 4.78 is 42.3. The Morgan fingerprint density at radius 1 is 1.10 bits per heavy atom. The maximum absolute atomic E-state index is 13.8. The summed E-state index contributed by atoms with van der Waals surface area (Å²) >= 11 is 3.21. The summed E-state index contributed by atoms with van der Waals surface area (Å²) in [6.07, 6.45) is 1.44. The van der Waals surface area contributed by atoms with Gasteiger partial charge in [-0.3, -0.25) is 4.57 Å². The normalized spacial score (nSPS) is 11.2. The van der Waals surface area contributed by atoms with Gasteiger partial charge in [0.15, 0.2) is 17.3 Å². The van der Waals surface area contributed by atoms with Crippen molar-refractivity contribution in [1.82, 2.24) is 14.5 Å².